The Bertz CT molecular complexity index is 1860. The average molecular weight is 503 g/mol. The van der Waals surface area contributed by atoms with Crippen LogP contribution in [0.5, 0.6) is 0 Å². The molecule has 0 amide bonds. The van der Waals surface area contributed by atoms with Crippen LogP contribution in [0, 0.1) is 34.4 Å². The molecule has 0 saturated carbocycles. The lowest BCUT2D eigenvalue weighted by Gasteiger charge is -2.36. The normalized spacial score (nSPS) is 20.7. The van der Waals surface area contributed by atoms with Gasteiger partial charge in [-0.1, -0.05) is 122 Å². The summed E-state index contributed by atoms with van der Waals surface area (Å²) in [7, 11) is 1.99. The highest BCUT2D eigenvalue weighted by molar-refractivity contribution is 7.11. The van der Waals surface area contributed by atoms with Crippen molar-refractivity contribution in [3.63, 3.8) is 0 Å². The zero-order valence-electron chi connectivity index (χ0n) is 31.2. The molecular weight excluding hydrogens is 458 g/mol. The summed E-state index contributed by atoms with van der Waals surface area (Å²) in [5.74, 6) is 0. The van der Waals surface area contributed by atoms with Gasteiger partial charge in [-0.05, 0) is 53.0 Å². The first-order valence-corrected chi connectivity index (χ1v) is 13.1. The highest BCUT2D eigenvalue weighted by Crippen LogP contribution is 2.26. The minimum atomic E-state index is -2.59. The smallest absolute Gasteiger partial charge is 0.240 e. The lowest BCUT2D eigenvalue weighted by molar-refractivity contribution is 0.383. The van der Waals surface area contributed by atoms with Crippen LogP contribution in [0.1, 0.15) is 47.1 Å². The van der Waals surface area contributed by atoms with E-state index in [1.807, 2.05) is 63.6 Å². The predicted molar refractivity (Wildman–Crippen MR) is 168 cm³/mol. The molecule has 2 aliphatic rings. The lowest BCUT2D eigenvalue weighted by atomic mass is 9.20. The van der Waals surface area contributed by atoms with Crippen LogP contribution in [-0.2, 0) is 0 Å². The van der Waals surface area contributed by atoms with Crippen molar-refractivity contribution in [1.29, 1.82) is 0 Å². The van der Waals surface area contributed by atoms with E-state index < -0.39 is 34.0 Å². The predicted octanol–water partition coefficient (Wildman–Crippen LogP) is 3.14. The minimum Gasteiger partial charge on any atom is -0.359 e. The van der Waals surface area contributed by atoms with E-state index in [2.05, 4.69) is 28.9 Å². The molecule has 0 bridgehead atoms. The van der Waals surface area contributed by atoms with Gasteiger partial charge in [0.15, 0.2) is 0 Å². The number of rotatable bonds is 3. The highest BCUT2D eigenvalue weighted by atomic mass is 15.4. The molecule has 4 aromatic carbocycles. The molecule has 0 saturated heterocycles. The van der Waals surface area contributed by atoms with Gasteiger partial charge in [0, 0.05) is 37.5 Å². The van der Waals surface area contributed by atoms with Crippen molar-refractivity contribution in [2.75, 3.05) is 11.9 Å². The molecule has 0 aromatic heterocycles. The average Bonchev–Trinajstić information content (AvgIpc) is 3.31. The van der Waals surface area contributed by atoms with Gasteiger partial charge in [-0.15, -0.1) is 0 Å². The van der Waals surface area contributed by atoms with E-state index in [9.17, 15) is 0 Å². The lowest BCUT2D eigenvalue weighted by Crippen LogP contribution is -2.76. The van der Waals surface area contributed by atoms with E-state index >= 15 is 0 Å². The maximum Gasteiger partial charge on any atom is 0.240 e. The highest BCUT2D eigenvalue weighted by Gasteiger charge is 2.41. The molecule has 38 heavy (non-hydrogen) atoms. The van der Waals surface area contributed by atoms with E-state index in [4.69, 9.17) is 12.3 Å². The van der Waals surface area contributed by atoms with Crippen LogP contribution in [-0.4, -0.2) is 31.5 Å². The fourth-order valence-corrected chi connectivity index (χ4v) is 6.35. The number of aryl methyl sites for hydroxylation is 5. The molecule has 0 radical (unpaired) electrons. The quantitative estimate of drug-likeness (QED) is 0.350. The van der Waals surface area contributed by atoms with Crippen molar-refractivity contribution in [1.82, 2.24) is 4.90 Å². The molecule has 6 rings (SSSR count). The number of hydrogen-bond acceptors (Lipinski definition) is 2. The second-order valence-corrected chi connectivity index (χ2v) is 10.6. The SMILES string of the molecule is [2H]C([2H])([2H])c1cccc(C)c1B1c2ccccc2B(c2c(C([2H])([2H])[2H])cccc2C([2H])([2H])[2H])c2cc(N3C=CN(C)[C@@H]3C)c(C)cc21. The molecule has 188 valence electrons. The molecule has 0 N–H and O–H groups in total. The van der Waals surface area contributed by atoms with Crippen LogP contribution >= 0.6 is 0 Å². The number of nitrogens with zero attached hydrogens (tertiary/aromatic N) is 2. The molecule has 4 aromatic rings. The van der Waals surface area contributed by atoms with Gasteiger partial charge in [0.2, 0.25) is 13.4 Å². The maximum atomic E-state index is 8.53. The standard InChI is InChI=1S/C34H36B2N2/c1-22-12-10-13-23(2)33(22)35-28-16-8-9-17-29(28)36(34-24(3)14-11-15-25(34)4)31-21-32(26(5)20-30(31)35)38-19-18-37(7)27(38)6/h8-21,27H,1-7H3/t27-/m0/s1/i1D3,3D3,4D3. The molecular formula is C34H36B2N2. The summed E-state index contributed by atoms with van der Waals surface area (Å²) in [5, 5.41) is 0. The Morgan fingerprint density at radius 1 is 0.632 bits per heavy atom. The summed E-state index contributed by atoms with van der Waals surface area (Å²) in [5.41, 5.74) is 7.02. The Morgan fingerprint density at radius 2 is 1.16 bits per heavy atom. The number of fused-ring (bicyclic) bond motifs is 2. The molecule has 2 nitrogen and oxygen atoms in total. The third-order valence-electron chi connectivity index (χ3n) is 8.38. The monoisotopic (exact) mass is 503 g/mol. The van der Waals surface area contributed by atoms with Gasteiger partial charge in [-0.3, -0.25) is 0 Å². The van der Waals surface area contributed by atoms with Gasteiger partial charge >= 0.3 is 0 Å². The van der Waals surface area contributed by atoms with Crippen molar-refractivity contribution in [2.24, 2.45) is 0 Å². The minimum absolute atomic E-state index is 0.00278. The molecule has 4 heteroatoms. The summed E-state index contributed by atoms with van der Waals surface area (Å²) in [6, 6.07) is 21.7. The number of benzene rings is 4. The Hall–Kier alpha value is -3.65. The first-order chi connectivity index (χ1) is 21.9. The van der Waals surface area contributed by atoms with Crippen LogP contribution in [0.25, 0.3) is 0 Å². The van der Waals surface area contributed by atoms with E-state index in [1.165, 1.54) is 18.2 Å². The summed E-state index contributed by atoms with van der Waals surface area (Å²) < 4.78 is 76.6. The second kappa shape index (κ2) is 9.27. The number of hydrogen-bond donors (Lipinski definition) is 0. The van der Waals surface area contributed by atoms with Crippen LogP contribution in [0.15, 0.2) is 85.2 Å². The van der Waals surface area contributed by atoms with Crippen molar-refractivity contribution in [3.8, 4) is 0 Å². The largest absolute Gasteiger partial charge is 0.359 e. The molecule has 0 unspecified atom stereocenters. The van der Waals surface area contributed by atoms with Crippen molar-refractivity contribution < 1.29 is 12.3 Å². The Kier molecular flexibility index (Phi) is 3.99. The molecule has 0 spiro atoms. The van der Waals surface area contributed by atoms with Gasteiger partial charge in [0.05, 0.1) is 0 Å². The van der Waals surface area contributed by atoms with Crippen LogP contribution in [0.3, 0.4) is 0 Å². The Labute approximate surface area is 241 Å². The first-order valence-electron chi connectivity index (χ1n) is 17.6. The van der Waals surface area contributed by atoms with Gasteiger partial charge in [-0.2, -0.15) is 0 Å². The third kappa shape index (κ3) is 3.73. The fraction of sp³-hybridized carbons (Fsp3) is 0.235. The number of anilines is 1. The fourth-order valence-electron chi connectivity index (χ4n) is 6.35. The first kappa shape index (κ1) is 16.3. The van der Waals surface area contributed by atoms with E-state index in [0.29, 0.717) is 5.46 Å². The molecule has 2 heterocycles. The van der Waals surface area contributed by atoms with Gasteiger partial charge in [-0.25, -0.2) is 0 Å². The van der Waals surface area contributed by atoms with Crippen LogP contribution < -0.4 is 37.7 Å². The zero-order valence-corrected chi connectivity index (χ0v) is 22.2. The topological polar surface area (TPSA) is 6.48 Å². The van der Waals surface area contributed by atoms with E-state index in [-0.39, 0.29) is 28.3 Å². The molecule has 0 aliphatic carbocycles. The molecule has 0 fully saturated rings. The summed E-state index contributed by atoms with van der Waals surface area (Å²) in [6.07, 6.45) is 4.00. The third-order valence-corrected chi connectivity index (χ3v) is 8.38. The maximum absolute atomic E-state index is 8.53. The zero-order chi connectivity index (χ0) is 34.2. The van der Waals surface area contributed by atoms with Gasteiger partial charge < -0.3 is 9.80 Å². The van der Waals surface area contributed by atoms with E-state index in [0.717, 1.165) is 38.7 Å². The Morgan fingerprint density at radius 3 is 1.68 bits per heavy atom. The van der Waals surface area contributed by atoms with Crippen LogP contribution in [0.4, 0.5) is 5.69 Å². The summed E-state index contributed by atoms with van der Waals surface area (Å²) >= 11 is 0. The summed E-state index contributed by atoms with van der Waals surface area (Å²) in [4.78, 5) is 4.23. The van der Waals surface area contributed by atoms with Gasteiger partial charge in [0.25, 0.3) is 0 Å². The van der Waals surface area contributed by atoms with Crippen molar-refractivity contribution >= 4 is 51.9 Å². The van der Waals surface area contributed by atoms with Crippen molar-refractivity contribution in [2.45, 2.75) is 47.5 Å². The Balaban J connectivity index is 1.77. The van der Waals surface area contributed by atoms with E-state index in [1.54, 1.807) is 12.1 Å². The molecule has 1 atom stereocenters. The molecule has 2 aliphatic heterocycles. The second-order valence-electron chi connectivity index (χ2n) is 10.6. The van der Waals surface area contributed by atoms with Gasteiger partial charge in [0.1, 0.15) is 6.17 Å². The van der Waals surface area contributed by atoms with Crippen LogP contribution in [0.2, 0.25) is 0 Å². The summed E-state index contributed by atoms with van der Waals surface area (Å²) in [6.45, 7) is -2.77. The van der Waals surface area contributed by atoms with Crippen molar-refractivity contribution in [3.05, 3.63) is 113 Å².